The lowest BCUT2D eigenvalue weighted by Crippen LogP contribution is -2.46. The lowest BCUT2D eigenvalue weighted by Gasteiger charge is -2.35. The summed E-state index contributed by atoms with van der Waals surface area (Å²) in [5.41, 5.74) is 3.14. The maximum absolute atomic E-state index is 11.6. The van der Waals surface area contributed by atoms with Crippen molar-refractivity contribution in [1.82, 2.24) is 24.4 Å². The van der Waals surface area contributed by atoms with Gasteiger partial charge in [-0.2, -0.15) is 4.98 Å². The van der Waals surface area contributed by atoms with Crippen LogP contribution in [0.5, 0.6) is 5.88 Å². The van der Waals surface area contributed by atoms with E-state index < -0.39 is 5.97 Å². The average molecular weight is 540 g/mol. The van der Waals surface area contributed by atoms with Gasteiger partial charge in [0.25, 0.3) is 0 Å². The molecule has 2 fully saturated rings. The van der Waals surface area contributed by atoms with Gasteiger partial charge in [-0.25, -0.2) is 14.6 Å². The van der Waals surface area contributed by atoms with Crippen LogP contribution in [0.1, 0.15) is 28.3 Å². The molecule has 0 unspecified atom stereocenters. The van der Waals surface area contributed by atoms with Crippen LogP contribution < -0.4 is 9.64 Å². The van der Waals surface area contributed by atoms with E-state index in [9.17, 15) is 9.90 Å². The Kier molecular flexibility index (Phi) is 7.27. The molecule has 11 nitrogen and oxygen atoms in total. The molecule has 1 aromatic carbocycles. The van der Waals surface area contributed by atoms with Crippen LogP contribution in [0.4, 0.5) is 11.5 Å². The Morgan fingerprint density at radius 2 is 1.98 bits per heavy atom. The van der Waals surface area contributed by atoms with Crippen molar-refractivity contribution in [2.45, 2.75) is 32.2 Å². The van der Waals surface area contributed by atoms with Gasteiger partial charge in [-0.3, -0.25) is 9.88 Å². The Bertz CT molecular complexity index is 1550. The summed E-state index contributed by atoms with van der Waals surface area (Å²) in [6.45, 7) is 12.7. The minimum absolute atomic E-state index is 0.135. The molecule has 3 aromatic heterocycles. The van der Waals surface area contributed by atoms with Gasteiger partial charge in [0.05, 0.1) is 48.1 Å². The van der Waals surface area contributed by atoms with Gasteiger partial charge < -0.3 is 24.0 Å². The van der Waals surface area contributed by atoms with Crippen LogP contribution >= 0.6 is 0 Å². The fourth-order valence-corrected chi connectivity index (χ4v) is 4.97. The van der Waals surface area contributed by atoms with Crippen molar-refractivity contribution in [3.05, 3.63) is 83.2 Å². The summed E-state index contributed by atoms with van der Waals surface area (Å²) >= 11 is 0. The summed E-state index contributed by atoms with van der Waals surface area (Å²) < 4.78 is 13.7. The predicted molar refractivity (Wildman–Crippen MR) is 148 cm³/mol. The van der Waals surface area contributed by atoms with E-state index in [2.05, 4.69) is 24.2 Å². The maximum atomic E-state index is 11.6. The van der Waals surface area contributed by atoms with E-state index in [1.165, 1.54) is 0 Å². The van der Waals surface area contributed by atoms with Gasteiger partial charge >= 0.3 is 5.97 Å². The van der Waals surface area contributed by atoms with Crippen molar-refractivity contribution in [1.29, 1.82) is 0 Å². The molecule has 204 valence electrons. The van der Waals surface area contributed by atoms with Crippen LogP contribution in [-0.2, 0) is 24.4 Å². The van der Waals surface area contributed by atoms with Crippen molar-refractivity contribution in [2.75, 3.05) is 37.7 Å². The number of nitrogens with zero attached hydrogens (tertiary/aromatic N) is 7. The van der Waals surface area contributed by atoms with Crippen LogP contribution in [0, 0.1) is 6.57 Å². The summed E-state index contributed by atoms with van der Waals surface area (Å²) in [6.07, 6.45) is 2.67. The molecular weight excluding hydrogens is 510 g/mol. The fourth-order valence-electron chi connectivity index (χ4n) is 4.97. The number of anilines is 1. The van der Waals surface area contributed by atoms with Crippen molar-refractivity contribution in [2.24, 2.45) is 0 Å². The molecule has 0 radical (unpaired) electrons. The van der Waals surface area contributed by atoms with Crippen LogP contribution in [0.3, 0.4) is 0 Å². The zero-order valence-corrected chi connectivity index (χ0v) is 21.9. The molecule has 1 atom stereocenters. The predicted octanol–water partition coefficient (Wildman–Crippen LogP) is 3.77. The van der Waals surface area contributed by atoms with Gasteiger partial charge in [-0.1, -0.05) is 12.1 Å². The largest absolute Gasteiger partial charge is 0.478 e. The van der Waals surface area contributed by atoms with Crippen LogP contribution in [0.2, 0.25) is 0 Å². The standard InChI is InChI=1S/C29H29N7O4/c1-30-21-6-7-22(31-16-21)19-40-28-4-2-3-26(33-28)35-12-10-34(11-13-35)18-27-32-24-8-5-20(29(37)38)15-25(24)36(27)17-23-9-14-39-23/h2-8,15-16,23H,9-14,17-19H2,(H,37,38)/t23-/m0/s1. The van der Waals surface area contributed by atoms with Gasteiger partial charge in [-0.15, -0.1) is 0 Å². The minimum atomic E-state index is -0.942. The summed E-state index contributed by atoms with van der Waals surface area (Å²) in [7, 11) is 0. The van der Waals surface area contributed by atoms with Crippen LogP contribution in [0.15, 0.2) is 54.7 Å². The molecule has 0 amide bonds. The molecule has 0 spiro atoms. The van der Waals surface area contributed by atoms with Crippen molar-refractivity contribution < 1.29 is 19.4 Å². The summed E-state index contributed by atoms with van der Waals surface area (Å²) in [6, 6.07) is 14.4. The summed E-state index contributed by atoms with van der Waals surface area (Å²) in [5.74, 6) is 1.38. The number of imidazole rings is 1. The SMILES string of the molecule is [C-]#[N+]c1ccc(COc2cccc(N3CCN(Cc4nc5ccc(C(=O)O)cc5n4C[C@@H]4CCO4)CC3)n2)nc1. The zero-order valence-electron chi connectivity index (χ0n) is 21.9. The molecule has 11 heteroatoms. The average Bonchev–Trinajstić information content (AvgIpc) is 3.30. The second-order valence-corrected chi connectivity index (χ2v) is 9.93. The molecule has 5 heterocycles. The third kappa shape index (κ3) is 5.59. The highest BCUT2D eigenvalue weighted by atomic mass is 16.5. The summed E-state index contributed by atoms with van der Waals surface area (Å²) in [5, 5.41) is 9.49. The number of fused-ring (bicyclic) bond motifs is 1. The molecule has 0 saturated carbocycles. The monoisotopic (exact) mass is 539 g/mol. The van der Waals surface area contributed by atoms with Crippen molar-refractivity contribution in [3.8, 4) is 5.88 Å². The highest BCUT2D eigenvalue weighted by Crippen LogP contribution is 2.24. The maximum Gasteiger partial charge on any atom is 0.335 e. The van der Waals surface area contributed by atoms with Crippen molar-refractivity contribution in [3.63, 3.8) is 0 Å². The molecule has 2 aliphatic rings. The third-order valence-electron chi connectivity index (χ3n) is 7.33. The van der Waals surface area contributed by atoms with Crippen LogP contribution in [0.25, 0.3) is 15.9 Å². The van der Waals surface area contributed by atoms with Gasteiger partial charge in [0.1, 0.15) is 18.2 Å². The number of pyridine rings is 2. The van der Waals surface area contributed by atoms with Gasteiger partial charge in [0.15, 0.2) is 0 Å². The highest BCUT2D eigenvalue weighted by Gasteiger charge is 2.25. The van der Waals surface area contributed by atoms with Gasteiger partial charge in [0, 0.05) is 45.0 Å². The molecule has 2 saturated heterocycles. The van der Waals surface area contributed by atoms with E-state index in [0.717, 1.165) is 67.6 Å². The number of ether oxygens (including phenoxy) is 2. The second-order valence-electron chi connectivity index (χ2n) is 9.93. The number of piperazine rings is 1. The second kappa shape index (κ2) is 11.3. The van der Waals surface area contributed by atoms with E-state index in [1.807, 2.05) is 18.2 Å². The normalized spacial score (nSPS) is 17.4. The third-order valence-corrected chi connectivity index (χ3v) is 7.33. The summed E-state index contributed by atoms with van der Waals surface area (Å²) in [4.78, 5) is 33.4. The molecule has 0 aliphatic carbocycles. The Morgan fingerprint density at radius 1 is 1.12 bits per heavy atom. The van der Waals surface area contributed by atoms with E-state index in [1.54, 1.807) is 36.5 Å². The van der Waals surface area contributed by atoms with E-state index in [0.29, 0.717) is 24.7 Å². The quantitative estimate of drug-likeness (QED) is 0.318. The molecule has 40 heavy (non-hydrogen) atoms. The van der Waals surface area contributed by atoms with Gasteiger partial charge in [0.2, 0.25) is 11.6 Å². The van der Waals surface area contributed by atoms with Crippen LogP contribution in [-0.4, -0.2) is 74.4 Å². The Labute approximate surface area is 231 Å². The van der Waals surface area contributed by atoms with E-state index in [4.69, 9.17) is 26.0 Å². The highest BCUT2D eigenvalue weighted by molar-refractivity contribution is 5.92. The Morgan fingerprint density at radius 3 is 2.67 bits per heavy atom. The zero-order chi connectivity index (χ0) is 27.5. The molecule has 0 bridgehead atoms. The number of aromatic nitrogens is 4. The number of hydrogen-bond donors (Lipinski definition) is 1. The Balaban J connectivity index is 1.10. The number of carbonyl (C=O) groups is 1. The first-order valence-corrected chi connectivity index (χ1v) is 13.3. The topological polar surface area (TPSA) is 110 Å². The minimum Gasteiger partial charge on any atom is -0.478 e. The molecule has 6 rings (SSSR count). The number of benzene rings is 1. The lowest BCUT2D eigenvalue weighted by atomic mass is 10.1. The number of carboxylic acids is 1. The molecular formula is C29H29N7O4. The van der Waals surface area contributed by atoms with Crippen molar-refractivity contribution >= 4 is 28.5 Å². The van der Waals surface area contributed by atoms with E-state index >= 15 is 0 Å². The van der Waals surface area contributed by atoms with Gasteiger partial charge in [-0.05, 0) is 36.8 Å². The molecule has 2 aliphatic heterocycles. The number of rotatable bonds is 9. The lowest BCUT2D eigenvalue weighted by molar-refractivity contribution is -0.0592. The smallest absolute Gasteiger partial charge is 0.335 e. The molecule has 1 N–H and O–H groups in total. The first-order chi connectivity index (χ1) is 19.6. The Hall–Kier alpha value is -4.53. The number of carboxylic acid groups (broad SMARTS) is 1. The number of hydrogen-bond acceptors (Lipinski definition) is 8. The van der Waals surface area contributed by atoms with E-state index in [-0.39, 0.29) is 18.3 Å². The molecule has 4 aromatic rings. The first-order valence-electron chi connectivity index (χ1n) is 13.3. The first kappa shape index (κ1) is 25.7. The number of aromatic carboxylic acids is 1. The fraction of sp³-hybridized carbons (Fsp3) is 0.345.